The lowest BCUT2D eigenvalue weighted by Gasteiger charge is -2.03. The fourth-order valence-corrected chi connectivity index (χ4v) is 1.93. The summed E-state index contributed by atoms with van der Waals surface area (Å²) in [6.45, 7) is -0.340. The first-order valence-electron chi connectivity index (χ1n) is 6.27. The minimum absolute atomic E-state index is 0.231. The van der Waals surface area contributed by atoms with Gasteiger partial charge in [0.2, 0.25) is 11.9 Å². The number of hydrogen-bond acceptors (Lipinski definition) is 3. The lowest BCUT2D eigenvalue weighted by molar-refractivity contribution is -0.141. The molecule has 0 spiro atoms. The van der Waals surface area contributed by atoms with Crippen molar-refractivity contribution in [3.63, 3.8) is 0 Å². The largest absolute Gasteiger partial charge is 0.435 e. The van der Waals surface area contributed by atoms with E-state index in [1.807, 2.05) is 6.07 Å². The molecule has 0 unspecified atom stereocenters. The van der Waals surface area contributed by atoms with Gasteiger partial charge in [0.05, 0.1) is 11.0 Å². The summed E-state index contributed by atoms with van der Waals surface area (Å²) in [4.78, 5) is 18.8. The van der Waals surface area contributed by atoms with E-state index in [0.717, 1.165) is 22.5 Å². The van der Waals surface area contributed by atoms with Crippen LogP contribution < -0.4 is 5.32 Å². The fourth-order valence-electron chi connectivity index (χ4n) is 1.93. The number of benzene rings is 1. The molecule has 0 bridgehead atoms. The van der Waals surface area contributed by atoms with Crippen LogP contribution in [0.4, 0.5) is 19.1 Å². The molecule has 0 aliphatic heterocycles. The van der Waals surface area contributed by atoms with Gasteiger partial charge in [-0.3, -0.25) is 14.8 Å². The van der Waals surface area contributed by atoms with Crippen molar-refractivity contribution in [2.24, 2.45) is 0 Å². The molecule has 0 atom stereocenters. The minimum Gasteiger partial charge on any atom is -0.324 e. The summed E-state index contributed by atoms with van der Waals surface area (Å²) in [5.41, 5.74) is 0.386. The van der Waals surface area contributed by atoms with Crippen LogP contribution in [0.25, 0.3) is 11.0 Å². The normalized spacial score (nSPS) is 11.8. The van der Waals surface area contributed by atoms with Crippen LogP contribution in [0.15, 0.2) is 36.5 Å². The summed E-state index contributed by atoms with van der Waals surface area (Å²) < 4.78 is 38.2. The van der Waals surface area contributed by atoms with Crippen LogP contribution >= 0.6 is 0 Å². The maximum Gasteiger partial charge on any atom is 0.435 e. The highest BCUT2D eigenvalue weighted by Crippen LogP contribution is 2.27. The first kappa shape index (κ1) is 14.1. The van der Waals surface area contributed by atoms with E-state index < -0.39 is 17.8 Å². The Morgan fingerprint density at radius 1 is 1.27 bits per heavy atom. The van der Waals surface area contributed by atoms with Gasteiger partial charge >= 0.3 is 6.18 Å². The first-order chi connectivity index (χ1) is 10.4. The molecule has 0 radical (unpaired) electrons. The standard InChI is InChI=1S/C13H10F3N5O/c14-13(15,16)10-5-6-21(20-10)7-11(22)19-12-17-8-3-1-2-4-9(8)18-12/h1-6H,7H2,(H2,17,18,19,22). The molecule has 2 aromatic heterocycles. The van der Waals surface area contributed by atoms with Crippen LogP contribution in [-0.2, 0) is 17.5 Å². The molecule has 9 heteroatoms. The predicted molar refractivity (Wildman–Crippen MR) is 72.0 cm³/mol. The second-order valence-corrected chi connectivity index (χ2v) is 4.55. The number of carbonyl (C=O) groups is 1. The molecule has 0 aliphatic carbocycles. The zero-order chi connectivity index (χ0) is 15.7. The molecule has 114 valence electrons. The smallest absolute Gasteiger partial charge is 0.324 e. The van der Waals surface area contributed by atoms with Crippen LogP contribution in [0.3, 0.4) is 0 Å². The zero-order valence-electron chi connectivity index (χ0n) is 11.1. The lowest BCUT2D eigenvalue weighted by Crippen LogP contribution is -2.20. The van der Waals surface area contributed by atoms with Crippen molar-refractivity contribution < 1.29 is 18.0 Å². The number of fused-ring (bicyclic) bond motifs is 1. The number of halogens is 3. The van der Waals surface area contributed by atoms with Gasteiger partial charge < -0.3 is 4.98 Å². The van der Waals surface area contributed by atoms with E-state index in [4.69, 9.17) is 0 Å². The number of nitrogens with one attached hydrogen (secondary N) is 2. The topological polar surface area (TPSA) is 75.6 Å². The van der Waals surface area contributed by atoms with Crippen molar-refractivity contribution >= 4 is 22.9 Å². The summed E-state index contributed by atoms with van der Waals surface area (Å²) in [6.07, 6.45) is -3.43. The summed E-state index contributed by atoms with van der Waals surface area (Å²) in [7, 11) is 0. The van der Waals surface area contributed by atoms with E-state index in [9.17, 15) is 18.0 Å². The molecule has 3 rings (SSSR count). The van der Waals surface area contributed by atoms with Gasteiger partial charge in [0.1, 0.15) is 6.54 Å². The van der Waals surface area contributed by atoms with Crippen molar-refractivity contribution in [2.45, 2.75) is 12.7 Å². The average Bonchev–Trinajstić information content (AvgIpc) is 3.03. The van der Waals surface area contributed by atoms with Crippen LogP contribution in [0.5, 0.6) is 0 Å². The van der Waals surface area contributed by atoms with E-state index in [1.54, 1.807) is 18.2 Å². The number of aromatic nitrogens is 4. The number of aromatic amines is 1. The number of rotatable bonds is 3. The molecule has 0 saturated carbocycles. The molecule has 0 aliphatic rings. The Morgan fingerprint density at radius 2 is 2.05 bits per heavy atom. The Hall–Kier alpha value is -2.84. The van der Waals surface area contributed by atoms with Crippen LogP contribution in [0, 0.1) is 0 Å². The third-order valence-corrected chi connectivity index (χ3v) is 2.88. The molecular formula is C13H10F3N5O. The highest BCUT2D eigenvalue weighted by atomic mass is 19.4. The fraction of sp³-hybridized carbons (Fsp3) is 0.154. The van der Waals surface area contributed by atoms with Crippen LogP contribution in [-0.4, -0.2) is 25.7 Å². The van der Waals surface area contributed by atoms with Gasteiger partial charge in [0, 0.05) is 6.20 Å². The van der Waals surface area contributed by atoms with Gasteiger partial charge in [0.25, 0.3) is 0 Å². The van der Waals surface area contributed by atoms with Gasteiger partial charge in [-0.1, -0.05) is 12.1 Å². The summed E-state index contributed by atoms with van der Waals surface area (Å²) in [6, 6.07) is 7.99. The molecule has 0 saturated heterocycles. The summed E-state index contributed by atoms with van der Waals surface area (Å²) in [5, 5.41) is 5.79. The van der Waals surface area contributed by atoms with E-state index in [1.165, 1.54) is 0 Å². The number of nitrogens with zero attached hydrogens (tertiary/aromatic N) is 3. The number of anilines is 1. The Morgan fingerprint density at radius 3 is 2.73 bits per heavy atom. The van der Waals surface area contributed by atoms with Crippen molar-refractivity contribution in [3.05, 3.63) is 42.2 Å². The Kier molecular flexibility index (Phi) is 3.32. The number of alkyl halides is 3. The van der Waals surface area contributed by atoms with Crippen LogP contribution in [0.1, 0.15) is 5.69 Å². The second kappa shape index (κ2) is 5.17. The third kappa shape index (κ3) is 2.92. The highest BCUT2D eigenvalue weighted by Gasteiger charge is 2.33. The Labute approximate surface area is 122 Å². The molecule has 1 aromatic carbocycles. The van der Waals surface area contributed by atoms with Crippen molar-refractivity contribution in [1.82, 2.24) is 19.7 Å². The molecular weight excluding hydrogens is 299 g/mol. The van der Waals surface area contributed by atoms with E-state index in [0.29, 0.717) is 5.52 Å². The van der Waals surface area contributed by atoms with Gasteiger partial charge in [-0.25, -0.2) is 4.98 Å². The average molecular weight is 309 g/mol. The van der Waals surface area contributed by atoms with Crippen molar-refractivity contribution in [3.8, 4) is 0 Å². The summed E-state index contributed by atoms with van der Waals surface area (Å²) in [5.74, 6) is -0.301. The van der Waals surface area contributed by atoms with Crippen LogP contribution in [0.2, 0.25) is 0 Å². The SMILES string of the molecule is O=C(Cn1ccc(C(F)(F)F)n1)Nc1nc2ccccc2[nH]1. The number of imidazole rings is 1. The van der Waals surface area contributed by atoms with E-state index in [2.05, 4.69) is 20.4 Å². The first-order valence-corrected chi connectivity index (χ1v) is 6.27. The number of H-pyrrole nitrogens is 1. The number of amides is 1. The quantitative estimate of drug-likeness (QED) is 0.780. The number of carbonyl (C=O) groups excluding carboxylic acids is 1. The Balaban J connectivity index is 1.68. The van der Waals surface area contributed by atoms with E-state index >= 15 is 0 Å². The van der Waals surface area contributed by atoms with Crippen molar-refractivity contribution in [2.75, 3.05) is 5.32 Å². The number of hydrogen-bond donors (Lipinski definition) is 2. The molecule has 6 nitrogen and oxygen atoms in total. The minimum atomic E-state index is -4.53. The molecule has 2 heterocycles. The molecule has 1 amide bonds. The molecule has 3 aromatic rings. The predicted octanol–water partition coefficient (Wildman–Crippen LogP) is 2.42. The van der Waals surface area contributed by atoms with Gasteiger partial charge in [-0.15, -0.1) is 0 Å². The van der Waals surface area contributed by atoms with Crippen molar-refractivity contribution in [1.29, 1.82) is 0 Å². The van der Waals surface area contributed by atoms with E-state index in [-0.39, 0.29) is 12.5 Å². The van der Waals surface area contributed by atoms with Gasteiger partial charge in [-0.05, 0) is 18.2 Å². The lowest BCUT2D eigenvalue weighted by atomic mass is 10.3. The monoisotopic (exact) mass is 309 g/mol. The highest BCUT2D eigenvalue weighted by molar-refractivity contribution is 5.90. The Bertz CT molecular complexity index is 787. The van der Waals surface area contributed by atoms with Gasteiger partial charge in [0.15, 0.2) is 5.69 Å². The molecule has 0 fully saturated rings. The summed E-state index contributed by atoms with van der Waals surface area (Å²) >= 11 is 0. The molecule has 2 N–H and O–H groups in total. The zero-order valence-corrected chi connectivity index (χ0v) is 11.1. The molecule has 22 heavy (non-hydrogen) atoms. The number of para-hydroxylation sites is 2. The van der Waals surface area contributed by atoms with Gasteiger partial charge in [-0.2, -0.15) is 18.3 Å². The second-order valence-electron chi connectivity index (χ2n) is 4.55. The third-order valence-electron chi connectivity index (χ3n) is 2.88. The maximum absolute atomic E-state index is 12.4. The maximum atomic E-state index is 12.4.